The van der Waals surface area contributed by atoms with Gasteiger partial charge in [0, 0.05) is 11.6 Å². The zero-order valence-electron chi connectivity index (χ0n) is 8.83. The minimum atomic E-state index is -0.359. The van der Waals surface area contributed by atoms with E-state index in [9.17, 15) is 9.59 Å². The van der Waals surface area contributed by atoms with Crippen molar-refractivity contribution in [3.05, 3.63) is 24.8 Å². The Kier molecular flexibility index (Phi) is 16.2. The summed E-state index contributed by atoms with van der Waals surface area (Å²) in [6, 6.07) is 0. The normalized spacial score (nSPS) is 7.13. The van der Waals surface area contributed by atoms with Crippen molar-refractivity contribution >= 4 is 22.9 Å². The Morgan fingerprint density at radius 3 is 1.93 bits per heavy atom. The van der Waals surface area contributed by atoms with Crippen LogP contribution >= 0.6 is 0 Å². The highest BCUT2D eigenvalue weighted by atomic mass is 28.1. The van der Waals surface area contributed by atoms with Gasteiger partial charge in [0.15, 0.2) is 0 Å². The van der Waals surface area contributed by atoms with Crippen LogP contribution in [-0.2, 0) is 19.1 Å². The van der Waals surface area contributed by atoms with Gasteiger partial charge in [-0.15, -0.1) is 0 Å². The number of carbonyl (C=O) groups is 2. The topological polar surface area (TPSA) is 52.6 Å². The van der Waals surface area contributed by atoms with Gasteiger partial charge in [-0.05, 0) is 24.8 Å². The molecule has 15 heavy (non-hydrogen) atoms. The van der Waals surface area contributed by atoms with E-state index in [0.29, 0.717) is 12.2 Å². The van der Waals surface area contributed by atoms with Crippen LogP contribution in [0.4, 0.5) is 0 Å². The molecular weight excluding hydrogens is 212 g/mol. The third-order valence-electron chi connectivity index (χ3n) is 0.987. The van der Waals surface area contributed by atoms with Crippen molar-refractivity contribution in [1.29, 1.82) is 0 Å². The number of esters is 2. The first-order valence-electron chi connectivity index (χ1n) is 4.02. The smallest absolute Gasteiger partial charge is 0.332 e. The second-order valence-electron chi connectivity index (χ2n) is 2.23. The molecule has 0 amide bonds. The molecule has 0 atom stereocenters. The molecule has 0 fully saturated rings. The third-order valence-corrected chi connectivity index (χ3v) is 0.987. The van der Waals surface area contributed by atoms with E-state index in [1.807, 2.05) is 0 Å². The fourth-order valence-electron chi connectivity index (χ4n) is 0.375. The van der Waals surface area contributed by atoms with Gasteiger partial charge < -0.3 is 9.47 Å². The van der Waals surface area contributed by atoms with Crippen LogP contribution in [0.1, 0.15) is 13.8 Å². The molecule has 5 heteroatoms. The average Bonchev–Trinajstić information content (AvgIpc) is 2.17. The molecule has 4 nitrogen and oxygen atoms in total. The Hall–Kier alpha value is -1.36. The average molecular weight is 232 g/mol. The second-order valence-corrected chi connectivity index (χ2v) is 2.23. The van der Waals surface area contributed by atoms with Crippen molar-refractivity contribution in [3.8, 4) is 0 Å². The van der Waals surface area contributed by atoms with Crippen LogP contribution in [0.3, 0.4) is 0 Å². The highest BCUT2D eigenvalue weighted by Gasteiger charge is 1.95. The highest BCUT2D eigenvalue weighted by Crippen LogP contribution is 1.87. The molecule has 0 saturated heterocycles. The molecule has 0 radical (unpaired) electrons. The van der Waals surface area contributed by atoms with E-state index in [4.69, 9.17) is 0 Å². The molecule has 0 aliphatic rings. The molecule has 0 heterocycles. The van der Waals surface area contributed by atoms with Crippen molar-refractivity contribution in [2.45, 2.75) is 13.8 Å². The predicted octanol–water partition coefficient (Wildman–Crippen LogP) is 0.0194. The number of methoxy groups -OCH3 is 1. The van der Waals surface area contributed by atoms with E-state index in [0.717, 1.165) is 6.08 Å². The van der Waals surface area contributed by atoms with Crippen molar-refractivity contribution in [2.24, 2.45) is 0 Å². The van der Waals surface area contributed by atoms with Crippen LogP contribution < -0.4 is 0 Å². The van der Waals surface area contributed by atoms with Crippen LogP contribution in [0, 0.1) is 0 Å². The molecule has 0 aromatic carbocycles. The van der Waals surface area contributed by atoms with Crippen molar-refractivity contribution < 1.29 is 19.1 Å². The lowest BCUT2D eigenvalue weighted by atomic mass is 10.4. The maximum absolute atomic E-state index is 10.2. The quantitative estimate of drug-likeness (QED) is 0.391. The van der Waals surface area contributed by atoms with Gasteiger partial charge >= 0.3 is 11.9 Å². The zero-order valence-corrected chi connectivity index (χ0v) is 8.83. The summed E-state index contributed by atoms with van der Waals surface area (Å²) < 4.78 is 8.71. The monoisotopic (exact) mass is 232 g/mol. The summed E-state index contributed by atoms with van der Waals surface area (Å²) >= 11 is 0. The Morgan fingerprint density at radius 1 is 1.40 bits per heavy atom. The van der Waals surface area contributed by atoms with Crippen LogP contribution in [0.25, 0.3) is 0 Å². The first kappa shape index (κ1) is 19.2. The standard InChI is InChI=1S/2C5H8O2.H4Si/c1-4(2)5(6)7-3;1-3-5(6)7-4-2;/h1H2,2-3H3;3H,1,4H2,2H3;1H4. The molecule has 0 saturated carbocycles. The second kappa shape index (κ2) is 12.6. The Balaban J connectivity index is -0.000000180. The molecule has 0 bridgehead atoms. The van der Waals surface area contributed by atoms with Gasteiger partial charge in [0.25, 0.3) is 0 Å². The van der Waals surface area contributed by atoms with Crippen LogP contribution in [-0.4, -0.2) is 36.6 Å². The molecule has 0 rings (SSSR count). The summed E-state index contributed by atoms with van der Waals surface area (Å²) in [5.41, 5.74) is 0.433. The third kappa shape index (κ3) is 15.4. The summed E-state index contributed by atoms with van der Waals surface area (Å²) in [6.45, 7) is 10.3. The first-order chi connectivity index (χ1) is 6.49. The first-order valence-corrected chi connectivity index (χ1v) is 4.02. The fourth-order valence-corrected chi connectivity index (χ4v) is 0.375. The van der Waals surface area contributed by atoms with Gasteiger partial charge in [-0.1, -0.05) is 13.2 Å². The number of ether oxygens (including phenoxy) is 2. The summed E-state index contributed by atoms with van der Waals surface area (Å²) in [7, 11) is 1.33. The van der Waals surface area contributed by atoms with E-state index < -0.39 is 0 Å². The molecule has 0 aromatic heterocycles. The maximum Gasteiger partial charge on any atom is 0.332 e. The van der Waals surface area contributed by atoms with Gasteiger partial charge in [0.1, 0.15) is 0 Å². The van der Waals surface area contributed by atoms with Crippen LogP contribution in [0.5, 0.6) is 0 Å². The van der Waals surface area contributed by atoms with Crippen molar-refractivity contribution in [2.75, 3.05) is 13.7 Å². The number of hydrogen-bond donors (Lipinski definition) is 0. The molecule has 0 aromatic rings. The predicted molar refractivity (Wildman–Crippen MR) is 65.0 cm³/mol. The molecule has 88 valence electrons. The van der Waals surface area contributed by atoms with Crippen LogP contribution in [0.15, 0.2) is 24.8 Å². The number of carbonyl (C=O) groups excluding carboxylic acids is 2. The Bertz CT molecular complexity index is 221. The van der Waals surface area contributed by atoms with Gasteiger partial charge in [0.05, 0.1) is 13.7 Å². The van der Waals surface area contributed by atoms with E-state index in [1.54, 1.807) is 13.8 Å². The minimum Gasteiger partial charge on any atom is -0.466 e. The minimum absolute atomic E-state index is 0. The SMILES string of the molecule is C=C(C)C(=O)OC.C=CC(=O)OCC.[SiH4]. The molecule has 0 unspecified atom stereocenters. The van der Waals surface area contributed by atoms with E-state index >= 15 is 0 Å². The van der Waals surface area contributed by atoms with Gasteiger partial charge in [0.2, 0.25) is 0 Å². The van der Waals surface area contributed by atoms with Gasteiger partial charge in [-0.3, -0.25) is 0 Å². The van der Waals surface area contributed by atoms with Gasteiger partial charge in [-0.25, -0.2) is 9.59 Å². The van der Waals surface area contributed by atoms with E-state index in [1.165, 1.54) is 7.11 Å². The number of hydrogen-bond acceptors (Lipinski definition) is 4. The van der Waals surface area contributed by atoms with E-state index in [-0.39, 0.29) is 22.9 Å². The lowest BCUT2D eigenvalue weighted by Crippen LogP contribution is -1.98. The van der Waals surface area contributed by atoms with Crippen molar-refractivity contribution in [3.63, 3.8) is 0 Å². The molecular formula is C10H20O4Si. The zero-order chi connectivity index (χ0) is 11.6. The lowest BCUT2D eigenvalue weighted by molar-refractivity contribution is -0.137. The molecule has 0 aliphatic carbocycles. The largest absolute Gasteiger partial charge is 0.466 e. The summed E-state index contributed by atoms with van der Waals surface area (Å²) in [4.78, 5) is 20.3. The fraction of sp³-hybridized carbons (Fsp3) is 0.400. The van der Waals surface area contributed by atoms with Crippen LogP contribution in [0.2, 0.25) is 0 Å². The Morgan fingerprint density at radius 2 is 1.87 bits per heavy atom. The molecule has 0 spiro atoms. The summed E-state index contributed by atoms with van der Waals surface area (Å²) in [5, 5.41) is 0. The molecule has 0 N–H and O–H groups in total. The van der Waals surface area contributed by atoms with E-state index in [2.05, 4.69) is 22.6 Å². The van der Waals surface area contributed by atoms with Gasteiger partial charge in [-0.2, -0.15) is 0 Å². The summed E-state index contributed by atoms with van der Waals surface area (Å²) in [5.74, 6) is -0.706. The molecule has 0 aliphatic heterocycles. The van der Waals surface area contributed by atoms with Crippen molar-refractivity contribution in [1.82, 2.24) is 0 Å². The lowest BCUT2D eigenvalue weighted by Gasteiger charge is -1.91. The Labute approximate surface area is 95.0 Å². The number of rotatable bonds is 3. The maximum atomic E-state index is 10.2. The summed E-state index contributed by atoms with van der Waals surface area (Å²) in [6.07, 6.45) is 1.14. The highest BCUT2D eigenvalue weighted by molar-refractivity contribution is 5.86.